The minimum Gasteiger partial charge on any atom is -0.345 e. The van der Waals surface area contributed by atoms with E-state index in [4.69, 9.17) is 0 Å². The number of carbonyl (C=O) groups is 1. The molecule has 4 rings (SSSR count). The molecule has 6 heteroatoms. The maximum atomic E-state index is 12.3. The van der Waals surface area contributed by atoms with Crippen molar-refractivity contribution in [2.75, 3.05) is 14.1 Å². The van der Waals surface area contributed by atoms with E-state index in [9.17, 15) is 4.79 Å². The predicted octanol–water partition coefficient (Wildman–Crippen LogP) is 3.40. The number of amides is 1. The average Bonchev–Trinajstić information content (AvgIpc) is 3.13. The third-order valence-corrected chi connectivity index (χ3v) is 4.50. The van der Waals surface area contributed by atoms with Gasteiger partial charge in [0, 0.05) is 56.2 Å². The first-order chi connectivity index (χ1) is 13.0. The Morgan fingerprint density at radius 2 is 1.70 bits per heavy atom. The zero-order valence-electron chi connectivity index (χ0n) is 15.4. The second kappa shape index (κ2) is 6.64. The summed E-state index contributed by atoms with van der Waals surface area (Å²) in [6.07, 6.45) is 8.95. The second-order valence-electron chi connectivity index (χ2n) is 6.66. The zero-order chi connectivity index (χ0) is 19.0. The SMILES string of the molecule is CN(C)C(=O)c1cnc2cncc(-c3ccc(-c4cnn(C)c4)cc3)c2c1. The molecule has 0 saturated carbocycles. The number of fused-ring (bicyclic) bond motifs is 1. The number of pyridine rings is 2. The lowest BCUT2D eigenvalue weighted by Crippen LogP contribution is -2.21. The normalized spacial score (nSPS) is 10.9. The number of carbonyl (C=O) groups excluding carboxylic acids is 1. The van der Waals surface area contributed by atoms with Crippen LogP contribution in [-0.2, 0) is 7.05 Å². The molecule has 0 aliphatic carbocycles. The lowest BCUT2D eigenvalue weighted by molar-refractivity contribution is 0.0827. The molecule has 0 fully saturated rings. The Hall–Kier alpha value is -3.54. The van der Waals surface area contributed by atoms with Crippen molar-refractivity contribution in [2.24, 2.45) is 7.05 Å². The molecule has 0 N–H and O–H groups in total. The van der Waals surface area contributed by atoms with Gasteiger partial charge in [-0.15, -0.1) is 0 Å². The van der Waals surface area contributed by atoms with Crippen LogP contribution in [0.2, 0.25) is 0 Å². The molecule has 0 aliphatic rings. The molecule has 6 nitrogen and oxygen atoms in total. The summed E-state index contributed by atoms with van der Waals surface area (Å²) in [6.45, 7) is 0. The number of hydrogen-bond acceptors (Lipinski definition) is 4. The Morgan fingerprint density at radius 1 is 0.963 bits per heavy atom. The van der Waals surface area contributed by atoms with Crippen LogP contribution in [0.1, 0.15) is 10.4 Å². The van der Waals surface area contributed by atoms with E-state index < -0.39 is 0 Å². The van der Waals surface area contributed by atoms with Gasteiger partial charge in [0.15, 0.2) is 0 Å². The van der Waals surface area contributed by atoms with Gasteiger partial charge in [-0.25, -0.2) is 0 Å². The maximum Gasteiger partial charge on any atom is 0.254 e. The summed E-state index contributed by atoms with van der Waals surface area (Å²) in [6, 6.07) is 10.1. The molecule has 4 aromatic rings. The van der Waals surface area contributed by atoms with Crippen LogP contribution >= 0.6 is 0 Å². The van der Waals surface area contributed by atoms with Gasteiger partial charge in [0.05, 0.1) is 23.5 Å². The number of aryl methyl sites for hydroxylation is 1. The van der Waals surface area contributed by atoms with Crippen molar-refractivity contribution in [1.82, 2.24) is 24.6 Å². The third-order valence-electron chi connectivity index (χ3n) is 4.50. The van der Waals surface area contributed by atoms with Crippen molar-refractivity contribution in [3.05, 3.63) is 66.9 Å². The van der Waals surface area contributed by atoms with Gasteiger partial charge in [0.25, 0.3) is 5.91 Å². The van der Waals surface area contributed by atoms with Crippen LogP contribution in [-0.4, -0.2) is 44.7 Å². The molecular formula is C21H19N5O. The predicted molar refractivity (Wildman–Crippen MR) is 105 cm³/mol. The van der Waals surface area contributed by atoms with Crippen molar-refractivity contribution < 1.29 is 4.79 Å². The van der Waals surface area contributed by atoms with Crippen LogP contribution in [0, 0.1) is 0 Å². The van der Waals surface area contributed by atoms with Gasteiger partial charge in [-0.2, -0.15) is 5.10 Å². The van der Waals surface area contributed by atoms with E-state index in [-0.39, 0.29) is 5.91 Å². The number of hydrogen-bond donors (Lipinski definition) is 0. The van der Waals surface area contributed by atoms with Crippen molar-refractivity contribution in [3.8, 4) is 22.3 Å². The first-order valence-electron chi connectivity index (χ1n) is 8.58. The van der Waals surface area contributed by atoms with E-state index in [1.165, 1.54) is 0 Å². The maximum absolute atomic E-state index is 12.3. The second-order valence-corrected chi connectivity index (χ2v) is 6.66. The lowest BCUT2D eigenvalue weighted by atomic mass is 9.99. The molecule has 0 unspecified atom stereocenters. The molecule has 134 valence electrons. The minimum absolute atomic E-state index is 0.0703. The Morgan fingerprint density at radius 3 is 2.37 bits per heavy atom. The highest BCUT2D eigenvalue weighted by Gasteiger charge is 2.12. The molecule has 27 heavy (non-hydrogen) atoms. The van der Waals surface area contributed by atoms with Gasteiger partial charge in [0.2, 0.25) is 0 Å². The van der Waals surface area contributed by atoms with Crippen molar-refractivity contribution >= 4 is 16.8 Å². The lowest BCUT2D eigenvalue weighted by Gasteiger charge is -2.12. The molecule has 0 radical (unpaired) electrons. The van der Waals surface area contributed by atoms with Gasteiger partial charge in [0.1, 0.15) is 0 Å². The first-order valence-corrected chi connectivity index (χ1v) is 8.58. The Kier molecular flexibility index (Phi) is 4.16. The van der Waals surface area contributed by atoms with Crippen LogP contribution in [0.3, 0.4) is 0 Å². The number of aromatic nitrogens is 4. The standard InChI is InChI=1S/C21H19N5O/c1-25(2)21(27)16-8-18-19(11-22-12-20(18)23-9-16)15-6-4-14(5-7-15)17-10-24-26(3)13-17/h4-13H,1-3H3. The van der Waals surface area contributed by atoms with Gasteiger partial charge < -0.3 is 4.90 Å². The fourth-order valence-electron chi connectivity index (χ4n) is 3.06. The monoisotopic (exact) mass is 357 g/mol. The van der Waals surface area contributed by atoms with Gasteiger partial charge in [-0.3, -0.25) is 19.4 Å². The molecule has 1 amide bonds. The highest BCUT2D eigenvalue weighted by atomic mass is 16.2. The topological polar surface area (TPSA) is 63.9 Å². The first kappa shape index (κ1) is 16.9. The van der Waals surface area contributed by atoms with E-state index in [2.05, 4.69) is 39.3 Å². The summed E-state index contributed by atoms with van der Waals surface area (Å²) in [5.41, 5.74) is 5.47. The molecule has 1 aromatic carbocycles. The Balaban J connectivity index is 1.78. The summed E-state index contributed by atoms with van der Waals surface area (Å²) in [5, 5.41) is 5.13. The Bertz CT molecular complexity index is 1130. The molecule has 0 saturated heterocycles. The summed E-state index contributed by atoms with van der Waals surface area (Å²) < 4.78 is 1.78. The van der Waals surface area contributed by atoms with Gasteiger partial charge >= 0.3 is 0 Å². The van der Waals surface area contributed by atoms with E-state index in [1.807, 2.05) is 31.7 Å². The fourth-order valence-corrected chi connectivity index (χ4v) is 3.06. The largest absolute Gasteiger partial charge is 0.345 e. The van der Waals surface area contributed by atoms with E-state index in [1.54, 1.807) is 36.1 Å². The van der Waals surface area contributed by atoms with Crippen LogP contribution in [0.15, 0.2) is 61.3 Å². The number of rotatable bonds is 3. The van der Waals surface area contributed by atoms with Crippen molar-refractivity contribution in [2.45, 2.75) is 0 Å². The highest BCUT2D eigenvalue weighted by molar-refractivity contribution is 6.01. The van der Waals surface area contributed by atoms with Crippen LogP contribution in [0.5, 0.6) is 0 Å². The summed E-state index contributed by atoms with van der Waals surface area (Å²) >= 11 is 0. The van der Waals surface area contributed by atoms with E-state index in [0.29, 0.717) is 5.56 Å². The average molecular weight is 357 g/mol. The summed E-state index contributed by atoms with van der Waals surface area (Å²) in [7, 11) is 5.37. The van der Waals surface area contributed by atoms with Crippen LogP contribution in [0.25, 0.3) is 33.2 Å². The quantitative estimate of drug-likeness (QED) is 0.564. The van der Waals surface area contributed by atoms with E-state index in [0.717, 1.165) is 33.2 Å². The summed E-state index contributed by atoms with van der Waals surface area (Å²) in [4.78, 5) is 22.6. The number of benzene rings is 1. The highest BCUT2D eigenvalue weighted by Crippen LogP contribution is 2.29. The van der Waals surface area contributed by atoms with Crippen LogP contribution in [0.4, 0.5) is 0 Å². The van der Waals surface area contributed by atoms with Crippen LogP contribution < -0.4 is 0 Å². The van der Waals surface area contributed by atoms with E-state index >= 15 is 0 Å². The minimum atomic E-state index is -0.0703. The van der Waals surface area contributed by atoms with Gasteiger partial charge in [-0.1, -0.05) is 24.3 Å². The molecule has 0 spiro atoms. The number of nitrogens with zero attached hydrogens (tertiary/aromatic N) is 5. The smallest absolute Gasteiger partial charge is 0.254 e. The van der Waals surface area contributed by atoms with Crippen molar-refractivity contribution in [1.29, 1.82) is 0 Å². The zero-order valence-corrected chi connectivity index (χ0v) is 15.4. The van der Waals surface area contributed by atoms with Gasteiger partial charge in [-0.05, 0) is 17.2 Å². The molecule has 0 atom stereocenters. The molecule has 0 aliphatic heterocycles. The molecule has 3 heterocycles. The molecule has 3 aromatic heterocycles. The fraction of sp³-hybridized carbons (Fsp3) is 0.143. The summed E-state index contributed by atoms with van der Waals surface area (Å²) in [5.74, 6) is -0.0703. The molecular weight excluding hydrogens is 338 g/mol. The molecule has 0 bridgehead atoms. The Labute approximate surface area is 157 Å². The third kappa shape index (κ3) is 3.17. The van der Waals surface area contributed by atoms with Crippen molar-refractivity contribution in [3.63, 3.8) is 0 Å².